The van der Waals surface area contributed by atoms with Crippen molar-refractivity contribution in [2.24, 2.45) is 5.92 Å². The summed E-state index contributed by atoms with van der Waals surface area (Å²) in [5.41, 5.74) is 3.58. The van der Waals surface area contributed by atoms with Crippen LogP contribution in [0.1, 0.15) is 119 Å². The maximum absolute atomic E-state index is 13.4. The summed E-state index contributed by atoms with van der Waals surface area (Å²) in [5, 5.41) is 3.44. The monoisotopic (exact) mass is 742 g/mol. The van der Waals surface area contributed by atoms with Crippen LogP contribution in [0, 0.1) is 25.2 Å². The predicted octanol–water partition coefficient (Wildman–Crippen LogP) is 5.76. The number of amides is 2. The van der Waals surface area contributed by atoms with E-state index in [1.165, 1.54) is 30.5 Å². The second-order valence-corrected chi connectivity index (χ2v) is 16.5. The van der Waals surface area contributed by atoms with Gasteiger partial charge in [0.25, 0.3) is 0 Å². The van der Waals surface area contributed by atoms with E-state index in [0.29, 0.717) is 44.3 Å². The molecule has 296 valence electrons. The molecule has 0 spiro atoms. The van der Waals surface area contributed by atoms with Gasteiger partial charge in [-0.2, -0.15) is 0 Å². The van der Waals surface area contributed by atoms with E-state index in [9.17, 15) is 9.59 Å². The summed E-state index contributed by atoms with van der Waals surface area (Å²) >= 11 is 0. The molecule has 2 amide bonds. The van der Waals surface area contributed by atoms with E-state index in [1.54, 1.807) is 0 Å². The minimum Gasteiger partial charge on any atom is -0.381 e. The van der Waals surface area contributed by atoms with Gasteiger partial charge in [-0.25, -0.2) is 4.98 Å². The Hall–Kier alpha value is -3.23. The predicted molar refractivity (Wildman–Crippen MR) is 215 cm³/mol. The molecular formula is C44H67N7O3. The molecule has 10 nitrogen and oxygen atoms in total. The van der Waals surface area contributed by atoms with Crippen molar-refractivity contribution in [1.82, 2.24) is 34.5 Å². The number of benzene rings is 1. The minimum atomic E-state index is -0.00306. The SMILES string of the molecule is C#CCCCCN1CCN(CCCC(=O)N2CCc3c(nc(C)n3C(C)CC3CCC(C)N3CCC(NC(=O)C3CCOCC3)c3ccccc3)C2)CC1. The molecule has 6 rings (SSSR count). The molecule has 3 fully saturated rings. The number of ether oxygens (including phenoxy) is 1. The number of hydrogen-bond acceptors (Lipinski definition) is 7. The van der Waals surface area contributed by atoms with E-state index < -0.39 is 0 Å². The number of piperazine rings is 1. The molecule has 0 aliphatic carbocycles. The molecule has 3 saturated heterocycles. The lowest BCUT2D eigenvalue weighted by atomic mass is 9.97. The van der Waals surface area contributed by atoms with Crippen LogP contribution in [0.4, 0.5) is 0 Å². The van der Waals surface area contributed by atoms with E-state index in [4.69, 9.17) is 16.1 Å². The number of carbonyl (C=O) groups is 2. The largest absolute Gasteiger partial charge is 0.381 e. The maximum Gasteiger partial charge on any atom is 0.223 e. The van der Waals surface area contributed by atoms with Crippen LogP contribution in [0.3, 0.4) is 0 Å². The molecule has 4 atom stereocenters. The minimum absolute atomic E-state index is 0.00306. The van der Waals surface area contributed by atoms with E-state index in [-0.39, 0.29) is 23.8 Å². The first-order valence-electron chi connectivity index (χ1n) is 21.2. The Kier molecular flexibility index (Phi) is 15.0. The maximum atomic E-state index is 13.4. The van der Waals surface area contributed by atoms with Crippen LogP contribution in [0.15, 0.2) is 30.3 Å². The summed E-state index contributed by atoms with van der Waals surface area (Å²) in [4.78, 5) is 41.5. The number of carbonyl (C=O) groups excluding carboxylic acids is 2. The van der Waals surface area contributed by atoms with Crippen molar-refractivity contribution in [2.75, 3.05) is 65.6 Å². The highest BCUT2D eigenvalue weighted by atomic mass is 16.5. The number of hydrogen-bond donors (Lipinski definition) is 1. The first-order chi connectivity index (χ1) is 26.3. The molecule has 54 heavy (non-hydrogen) atoms. The van der Waals surface area contributed by atoms with Gasteiger partial charge in [-0.1, -0.05) is 30.3 Å². The molecule has 10 heteroatoms. The fourth-order valence-corrected chi connectivity index (χ4v) is 9.56. The summed E-state index contributed by atoms with van der Waals surface area (Å²) in [7, 11) is 0. The quantitative estimate of drug-likeness (QED) is 0.163. The zero-order chi connectivity index (χ0) is 37.9. The second kappa shape index (κ2) is 20.1. The van der Waals surface area contributed by atoms with Crippen LogP contribution >= 0.6 is 0 Å². The van der Waals surface area contributed by atoms with Gasteiger partial charge in [0.1, 0.15) is 5.82 Å². The van der Waals surface area contributed by atoms with Gasteiger partial charge in [-0.15, -0.1) is 12.3 Å². The molecule has 1 aromatic heterocycles. The van der Waals surface area contributed by atoms with Crippen LogP contribution in [0.2, 0.25) is 0 Å². The third-order valence-corrected chi connectivity index (χ3v) is 12.7. The normalized spacial score (nSPS) is 22.8. The van der Waals surface area contributed by atoms with Gasteiger partial charge in [0.05, 0.1) is 18.3 Å². The third-order valence-electron chi connectivity index (χ3n) is 12.7. The smallest absolute Gasteiger partial charge is 0.223 e. The Balaban J connectivity index is 0.980. The average Bonchev–Trinajstić information content (AvgIpc) is 3.72. The van der Waals surface area contributed by atoms with Crippen LogP contribution in [-0.2, 0) is 27.3 Å². The fourth-order valence-electron chi connectivity index (χ4n) is 9.56. The lowest BCUT2D eigenvalue weighted by molar-refractivity contribution is -0.132. The number of rotatable bonds is 17. The summed E-state index contributed by atoms with van der Waals surface area (Å²) in [6, 6.07) is 11.8. The molecule has 2 aromatic rings. The zero-order valence-corrected chi connectivity index (χ0v) is 33.5. The number of nitrogens with zero attached hydrogens (tertiary/aromatic N) is 6. The molecule has 4 aliphatic heterocycles. The van der Waals surface area contributed by atoms with Crippen LogP contribution < -0.4 is 5.32 Å². The van der Waals surface area contributed by atoms with Gasteiger partial charge in [0.2, 0.25) is 11.8 Å². The Labute approximate surface area is 325 Å². The van der Waals surface area contributed by atoms with Gasteiger partial charge in [0.15, 0.2) is 0 Å². The van der Waals surface area contributed by atoms with E-state index in [1.807, 2.05) is 11.0 Å². The van der Waals surface area contributed by atoms with E-state index in [2.05, 4.69) is 75.5 Å². The number of imidazole rings is 1. The topological polar surface area (TPSA) is 86.2 Å². The van der Waals surface area contributed by atoms with Crippen LogP contribution in [-0.4, -0.2) is 119 Å². The molecule has 4 unspecified atom stereocenters. The zero-order valence-electron chi connectivity index (χ0n) is 33.5. The van der Waals surface area contributed by atoms with E-state index in [0.717, 1.165) is 115 Å². The Morgan fingerprint density at radius 3 is 2.41 bits per heavy atom. The Morgan fingerprint density at radius 2 is 1.69 bits per heavy atom. The number of unbranched alkanes of at least 4 members (excludes halogenated alkanes) is 2. The standard InChI is InChI=1S/C44H67N7O3/c1-5-6-7-11-22-47-26-28-48(29-27-47)23-12-15-43(52)49-24-19-42-41(33-49)45-36(4)51(42)35(3)32-39-17-16-34(2)50(39)25-18-40(37-13-9-8-10-14-37)46-44(53)38-20-30-54-31-21-38/h1,8-10,13-14,34-35,38-40H,6-7,11-12,15-33H2,2-4H3,(H,46,53). The van der Waals surface area contributed by atoms with E-state index >= 15 is 0 Å². The average molecular weight is 742 g/mol. The van der Waals surface area contributed by atoms with Gasteiger partial charge in [-0.3, -0.25) is 14.5 Å². The first-order valence-corrected chi connectivity index (χ1v) is 21.2. The van der Waals surface area contributed by atoms with Gasteiger partial charge >= 0.3 is 0 Å². The van der Waals surface area contributed by atoms with Crippen molar-refractivity contribution in [3.63, 3.8) is 0 Å². The summed E-state index contributed by atoms with van der Waals surface area (Å²) in [5.74, 6) is 4.28. The summed E-state index contributed by atoms with van der Waals surface area (Å²) in [6.07, 6.45) is 16.9. The highest BCUT2D eigenvalue weighted by molar-refractivity contribution is 5.79. The molecule has 1 N–H and O–H groups in total. The van der Waals surface area contributed by atoms with Crippen molar-refractivity contribution >= 4 is 11.8 Å². The highest BCUT2D eigenvalue weighted by Gasteiger charge is 2.35. The third kappa shape index (κ3) is 10.7. The number of nitrogens with one attached hydrogen (secondary N) is 1. The van der Waals surface area contributed by atoms with Crippen molar-refractivity contribution < 1.29 is 14.3 Å². The molecule has 4 aliphatic rings. The molecule has 0 saturated carbocycles. The summed E-state index contributed by atoms with van der Waals surface area (Å²) < 4.78 is 8.00. The molecule has 0 radical (unpaired) electrons. The Morgan fingerprint density at radius 1 is 0.963 bits per heavy atom. The lowest BCUT2D eigenvalue weighted by Crippen LogP contribution is -2.46. The number of aryl methyl sites for hydroxylation is 1. The van der Waals surface area contributed by atoms with Crippen molar-refractivity contribution in [2.45, 2.75) is 129 Å². The van der Waals surface area contributed by atoms with Crippen molar-refractivity contribution in [3.8, 4) is 12.3 Å². The van der Waals surface area contributed by atoms with Gasteiger partial charge < -0.3 is 29.3 Å². The highest BCUT2D eigenvalue weighted by Crippen LogP contribution is 2.34. The fraction of sp³-hybridized carbons (Fsp3) is 0.705. The van der Waals surface area contributed by atoms with Crippen LogP contribution in [0.5, 0.6) is 0 Å². The number of aromatic nitrogens is 2. The summed E-state index contributed by atoms with van der Waals surface area (Å²) in [6.45, 7) is 17.1. The molecule has 5 heterocycles. The Bertz CT molecular complexity index is 1520. The second-order valence-electron chi connectivity index (χ2n) is 16.5. The van der Waals surface area contributed by atoms with Crippen LogP contribution in [0.25, 0.3) is 0 Å². The first kappa shape index (κ1) is 40.4. The molecular weight excluding hydrogens is 675 g/mol. The van der Waals surface area contributed by atoms with Crippen molar-refractivity contribution in [3.05, 3.63) is 53.1 Å². The van der Waals surface area contributed by atoms with Crippen molar-refractivity contribution in [1.29, 1.82) is 0 Å². The van der Waals surface area contributed by atoms with Gasteiger partial charge in [-0.05, 0) is 97.2 Å². The number of likely N-dealkylation sites (tertiary alicyclic amines) is 1. The molecule has 1 aromatic carbocycles. The number of terminal acetylenes is 1. The molecule has 0 bridgehead atoms. The number of fused-ring (bicyclic) bond motifs is 1. The van der Waals surface area contributed by atoms with Gasteiger partial charge in [0, 0.05) is 101 Å². The lowest BCUT2D eigenvalue weighted by Gasteiger charge is -2.35.